The van der Waals surface area contributed by atoms with Crippen LogP contribution in [0, 0.1) is 6.92 Å². The predicted molar refractivity (Wildman–Crippen MR) is 85.6 cm³/mol. The summed E-state index contributed by atoms with van der Waals surface area (Å²) < 4.78 is 11.9. The van der Waals surface area contributed by atoms with E-state index in [-0.39, 0.29) is 0 Å². The van der Waals surface area contributed by atoms with E-state index >= 15 is 0 Å². The van der Waals surface area contributed by atoms with E-state index in [1.165, 1.54) is 11.8 Å². The third-order valence-corrected chi connectivity index (χ3v) is 3.68. The summed E-state index contributed by atoms with van der Waals surface area (Å²) in [4.78, 5) is 0. The van der Waals surface area contributed by atoms with Crippen LogP contribution in [0.2, 0.25) is 0 Å². The average Bonchev–Trinajstić information content (AvgIpc) is 2.49. The summed E-state index contributed by atoms with van der Waals surface area (Å²) in [5.74, 6) is 1.21. The van der Waals surface area contributed by atoms with Gasteiger partial charge in [-0.15, -0.1) is 0 Å². The number of rotatable bonds is 5. The molecule has 4 nitrogen and oxygen atoms in total. The molecule has 0 heterocycles. The molecule has 2 rings (SSSR count). The minimum atomic E-state index is 0.455. The van der Waals surface area contributed by atoms with E-state index in [4.69, 9.17) is 14.7 Å². The molecule has 0 aromatic heterocycles. The van der Waals surface area contributed by atoms with Gasteiger partial charge in [-0.05, 0) is 40.5 Å². The van der Waals surface area contributed by atoms with E-state index in [0.29, 0.717) is 23.7 Å². The molecule has 0 atom stereocenters. The van der Waals surface area contributed by atoms with Gasteiger partial charge in [-0.3, -0.25) is 0 Å². The van der Waals surface area contributed by atoms with E-state index < -0.39 is 0 Å². The molecule has 0 aliphatic rings. The summed E-state index contributed by atoms with van der Waals surface area (Å²) in [6, 6.07) is 11.7. The number of halogens is 1. The van der Waals surface area contributed by atoms with Crippen LogP contribution >= 0.6 is 15.9 Å². The van der Waals surface area contributed by atoms with Gasteiger partial charge < -0.3 is 14.7 Å². The Labute approximate surface area is 132 Å². The summed E-state index contributed by atoms with van der Waals surface area (Å²) >= 11 is 3.41. The topological polar surface area (TPSA) is 51.0 Å². The lowest BCUT2D eigenvalue weighted by Crippen LogP contribution is -1.99. The molecule has 5 heteroatoms. The van der Waals surface area contributed by atoms with E-state index in [2.05, 4.69) is 21.1 Å². The molecular formula is C16H16BrNO3. The van der Waals surface area contributed by atoms with E-state index in [1.807, 2.05) is 31.2 Å². The van der Waals surface area contributed by atoms with Crippen molar-refractivity contribution in [2.45, 2.75) is 13.5 Å². The first-order valence-corrected chi connectivity index (χ1v) is 7.16. The molecule has 0 unspecified atom stereocenters. The molecule has 0 amide bonds. The van der Waals surface area contributed by atoms with Crippen molar-refractivity contribution in [2.24, 2.45) is 5.16 Å². The maximum atomic E-state index is 8.63. The number of hydrogen-bond donors (Lipinski definition) is 1. The number of ether oxygens (including phenoxy) is 2. The van der Waals surface area contributed by atoms with Crippen LogP contribution < -0.4 is 9.47 Å². The van der Waals surface area contributed by atoms with E-state index in [9.17, 15) is 0 Å². The minimum Gasteiger partial charge on any atom is -0.493 e. The Kier molecular flexibility index (Phi) is 5.22. The molecule has 2 aromatic carbocycles. The first-order valence-electron chi connectivity index (χ1n) is 6.37. The molecule has 2 aromatic rings. The molecule has 0 saturated heterocycles. The van der Waals surface area contributed by atoms with Gasteiger partial charge in [0.1, 0.15) is 6.61 Å². The van der Waals surface area contributed by atoms with Crippen molar-refractivity contribution in [3.63, 3.8) is 0 Å². The third-order valence-electron chi connectivity index (χ3n) is 2.99. The lowest BCUT2D eigenvalue weighted by molar-refractivity contribution is 0.284. The quantitative estimate of drug-likeness (QED) is 0.501. The van der Waals surface area contributed by atoms with E-state index in [1.54, 1.807) is 19.2 Å². The van der Waals surface area contributed by atoms with Crippen molar-refractivity contribution in [2.75, 3.05) is 7.11 Å². The lowest BCUT2D eigenvalue weighted by Gasteiger charge is -2.12. The second-order valence-electron chi connectivity index (χ2n) is 4.54. The number of nitrogens with zero attached hydrogens (tertiary/aromatic N) is 1. The van der Waals surface area contributed by atoms with Gasteiger partial charge in [0.05, 0.1) is 13.3 Å². The number of hydrogen-bond acceptors (Lipinski definition) is 4. The number of aryl methyl sites for hydroxylation is 1. The van der Waals surface area contributed by atoms with Gasteiger partial charge in [-0.1, -0.05) is 35.0 Å². The summed E-state index contributed by atoms with van der Waals surface area (Å²) in [5.41, 5.74) is 3.00. The van der Waals surface area contributed by atoms with Crippen molar-refractivity contribution >= 4 is 22.1 Å². The number of oxime groups is 1. The zero-order chi connectivity index (χ0) is 15.2. The molecular weight excluding hydrogens is 334 g/mol. The zero-order valence-electron chi connectivity index (χ0n) is 11.8. The maximum absolute atomic E-state index is 8.63. The Balaban J connectivity index is 2.19. The van der Waals surface area contributed by atoms with Crippen molar-refractivity contribution in [1.82, 2.24) is 0 Å². The first-order chi connectivity index (χ1) is 10.1. The summed E-state index contributed by atoms with van der Waals surface area (Å²) in [7, 11) is 1.57. The van der Waals surface area contributed by atoms with Crippen LogP contribution in [0.5, 0.6) is 11.5 Å². The van der Waals surface area contributed by atoms with Crippen molar-refractivity contribution < 1.29 is 14.7 Å². The first kappa shape index (κ1) is 15.4. The fraction of sp³-hybridized carbons (Fsp3) is 0.188. The van der Waals surface area contributed by atoms with Crippen LogP contribution in [0.15, 0.2) is 46.0 Å². The summed E-state index contributed by atoms with van der Waals surface area (Å²) in [6.45, 7) is 2.50. The largest absolute Gasteiger partial charge is 0.493 e. The number of methoxy groups -OCH3 is 1. The Hall–Kier alpha value is -2.01. The lowest BCUT2D eigenvalue weighted by atomic mass is 10.2. The van der Waals surface area contributed by atoms with Gasteiger partial charge >= 0.3 is 0 Å². The molecule has 1 N–H and O–H groups in total. The molecule has 0 aliphatic heterocycles. The van der Waals surface area contributed by atoms with Gasteiger partial charge in [0, 0.05) is 10.0 Å². The van der Waals surface area contributed by atoms with Crippen LogP contribution in [0.4, 0.5) is 0 Å². The Morgan fingerprint density at radius 2 is 1.90 bits per heavy atom. The standard InChI is InChI=1S/C16H16BrNO3/c1-11-3-5-12(6-4-11)10-21-16-8-14(17)13(9-18-19)7-15(16)20-2/h3-9,19H,10H2,1-2H3. The molecule has 0 aliphatic carbocycles. The molecule has 110 valence electrons. The Morgan fingerprint density at radius 1 is 1.19 bits per heavy atom. The Bertz CT molecular complexity index is 639. The van der Waals surface area contributed by atoms with Gasteiger partial charge in [0.25, 0.3) is 0 Å². The van der Waals surface area contributed by atoms with Crippen molar-refractivity contribution in [1.29, 1.82) is 0 Å². The molecule has 0 bridgehead atoms. The van der Waals surface area contributed by atoms with Crippen LogP contribution in [-0.2, 0) is 6.61 Å². The SMILES string of the molecule is COc1cc(C=NO)c(Br)cc1OCc1ccc(C)cc1. The fourth-order valence-electron chi connectivity index (χ4n) is 1.83. The van der Waals surface area contributed by atoms with Crippen LogP contribution in [0.25, 0.3) is 0 Å². The molecule has 0 fully saturated rings. The average molecular weight is 350 g/mol. The van der Waals surface area contributed by atoms with E-state index in [0.717, 1.165) is 10.0 Å². The molecule has 0 saturated carbocycles. The maximum Gasteiger partial charge on any atom is 0.162 e. The highest BCUT2D eigenvalue weighted by Gasteiger charge is 2.09. The van der Waals surface area contributed by atoms with Gasteiger partial charge in [0.15, 0.2) is 11.5 Å². The normalized spacial score (nSPS) is 10.8. The highest BCUT2D eigenvalue weighted by atomic mass is 79.9. The van der Waals surface area contributed by atoms with Gasteiger partial charge in [0.2, 0.25) is 0 Å². The predicted octanol–water partition coefficient (Wildman–Crippen LogP) is 4.15. The van der Waals surface area contributed by atoms with Gasteiger partial charge in [-0.25, -0.2) is 0 Å². The highest BCUT2D eigenvalue weighted by molar-refractivity contribution is 9.10. The second-order valence-corrected chi connectivity index (χ2v) is 5.40. The summed E-state index contributed by atoms with van der Waals surface area (Å²) in [6.07, 6.45) is 1.33. The van der Waals surface area contributed by atoms with Crippen molar-refractivity contribution in [3.05, 3.63) is 57.6 Å². The number of benzene rings is 2. The fourth-order valence-corrected chi connectivity index (χ4v) is 2.25. The molecule has 0 radical (unpaired) electrons. The van der Waals surface area contributed by atoms with Crippen LogP contribution in [-0.4, -0.2) is 18.5 Å². The highest BCUT2D eigenvalue weighted by Crippen LogP contribution is 2.33. The van der Waals surface area contributed by atoms with Gasteiger partial charge in [-0.2, -0.15) is 0 Å². The van der Waals surface area contributed by atoms with Crippen LogP contribution in [0.3, 0.4) is 0 Å². The molecule has 21 heavy (non-hydrogen) atoms. The second kappa shape index (κ2) is 7.13. The molecule has 0 spiro atoms. The monoisotopic (exact) mass is 349 g/mol. The zero-order valence-corrected chi connectivity index (χ0v) is 13.4. The minimum absolute atomic E-state index is 0.455. The summed E-state index contributed by atoms with van der Waals surface area (Å²) in [5, 5.41) is 11.7. The van der Waals surface area contributed by atoms with Crippen LogP contribution in [0.1, 0.15) is 16.7 Å². The van der Waals surface area contributed by atoms with Crippen molar-refractivity contribution in [3.8, 4) is 11.5 Å². The smallest absolute Gasteiger partial charge is 0.162 e. The Morgan fingerprint density at radius 3 is 2.52 bits per heavy atom. The third kappa shape index (κ3) is 3.98.